The van der Waals surface area contributed by atoms with Crippen molar-refractivity contribution in [3.8, 4) is 5.75 Å². The Labute approximate surface area is 131 Å². The molecule has 0 bridgehead atoms. The highest BCUT2D eigenvalue weighted by atomic mass is 16.5. The summed E-state index contributed by atoms with van der Waals surface area (Å²) in [6.45, 7) is 4.70. The molecule has 1 N–H and O–H groups in total. The Morgan fingerprint density at radius 3 is 2.32 bits per heavy atom. The quantitative estimate of drug-likeness (QED) is 0.605. The molecule has 0 aliphatic heterocycles. The van der Waals surface area contributed by atoms with E-state index < -0.39 is 0 Å². The van der Waals surface area contributed by atoms with Gasteiger partial charge in [-0.05, 0) is 43.2 Å². The number of hydrogen-bond donors (Lipinski definition) is 1. The largest absolute Gasteiger partial charge is 0.494 e. The van der Waals surface area contributed by atoms with Crippen molar-refractivity contribution in [2.45, 2.75) is 20.3 Å². The van der Waals surface area contributed by atoms with Crippen molar-refractivity contribution >= 4 is 11.5 Å². The Balaban J connectivity index is 1.91. The van der Waals surface area contributed by atoms with Crippen LogP contribution in [0.4, 0.5) is 5.69 Å². The molecule has 0 unspecified atom stereocenters. The first-order chi connectivity index (χ1) is 10.7. The number of ketones is 1. The van der Waals surface area contributed by atoms with Gasteiger partial charge in [0.15, 0.2) is 5.78 Å². The predicted octanol–water partition coefficient (Wildman–Crippen LogP) is 4.46. The monoisotopic (exact) mass is 295 g/mol. The molecule has 0 aliphatic carbocycles. The predicted molar refractivity (Wildman–Crippen MR) is 90.5 cm³/mol. The van der Waals surface area contributed by atoms with Gasteiger partial charge in [0.05, 0.1) is 6.61 Å². The minimum Gasteiger partial charge on any atom is -0.494 e. The molecule has 0 radical (unpaired) electrons. The van der Waals surface area contributed by atoms with Crippen LogP contribution in [0.5, 0.6) is 5.75 Å². The highest BCUT2D eigenvalue weighted by Crippen LogP contribution is 2.15. The van der Waals surface area contributed by atoms with Gasteiger partial charge in [-0.25, -0.2) is 0 Å². The second kappa shape index (κ2) is 8.03. The standard InChI is InChI=1S/C19H21NO2/c1-3-15-5-7-16(8-6-15)19(21)13-14-20-17-9-11-18(12-10-17)22-4-2/h5-14,20H,3-4H2,1-2H3/b14-13+. The number of carbonyl (C=O) groups excluding carboxylic acids is 1. The lowest BCUT2D eigenvalue weighted by atomic mass is 10.1. The van der Waals surface area contributed by atoms with E-state index in [1.807, 2.05) is 55.5 Å². The Hall–Kier alpha value is -2.55. The summed E-state index contributed by atoms with van der Waals surface area (Å²) in [7, 11) is 0. The van der Waals surface area contributed by atoms with Crippen molar-refractivity contribution in [1.82, 2.24) is 0 Å². The lowest BCUT2D eigenvalue weighted by Crippen LogP contribution is -1.97. The molecule has 0 aliphatic rings. The third-order valence-corrected chi connectivity index (χ3v) is 3.30. The number of nitrogens with one attached hydrogen (secondary N) is 1. The number of ether oxygens (including phenoxy) is 1. The average Bonchev–Trinajstić information content (AvgIpc) is 2.56. The van der Waals surface area contributed by atoms with E-state index in [0.717, 1.165) is 17.9 Å². The molecular weight excluding hydrogens is 274 g/mol. The molecule has 0 spiro atoms. The van der Waals surface area contributed by atoms with Crippen molar-refractivity contribution < 1.29 is 9.53 Å². The average molecular weight is 295 g/mol. The van der Waals surface area contributed by atoms with Crippen LogP contribution in [0.2, 0.25) is 0 Å². The summed E-state index contributed by atoms with van der Waals surface area (Å²) in [5.74, 6) is 0.824. The summed E-state index contributed by atoms with van der Waals surface area (Å²) in [5, 5.41) is 3.08. The molecule has 0 fully saturated rings. The van der Waals surface area contributed by atoms with Crippen LogP contribution < -0.4 is 10.1 Å². The number of anilines is 1. The maximum absolute atomic E-state index is 12.0. The summed E-state index contributed by atoms with van der Waals surface area (Å²) in [6.07, 6.45) is 4.17. The first kappa shape index (κ1) is 15.8. The zero-order valence-electron chi connectivity index (χ0n) is 13.0. The molecule has 0 aromatic heterocycles. The molecule has 3 nitrogen and oxygen atoms in total. The van der Waals surface area contributed by atoms with Crippen molar-refractivity contribution in [3.05, 3.63) is 71.9 Å². The molecule has 22 heavy (non-hydrogen) atoms. The summed E-state index contributed by atoms with van der Waals surface area (Å²) >= 11 is 0. The van der Waals surface area contributed by atoms with Gasteiger partial charge in [0.25, 0.3) is 0 Å². The van der Waals surface area contributed by atoms with Crippen LogP contribution in [0, 0.1) is 0 Å². The van der Waals surface area contributed by atoms with Gasteiger partial charge < -0.3 is 10.1 Å². The van der Waals surface area contributed by atoms with E-state index in [4.69, 9.17) is 4.74 Å². The fourth-order valence-corrected chi connectivity index (χ4v) is 2.03. The molecule has 0 saturated carbocycles. The molecule has 0 amide bonds. The van der Waals surface area contributed by atoms with Gasteiger partial charge in [-0.3, -0.25) is 4.79 Å². The van der Waals surface area contributed by atoms with Crippen LogP contribution in [0.25, 0.3) is 0 Å². The molecule has 0 atom stereocenters. The molecule has 0 saturated heterocycles. The second-order valence-electron chi connectivity index (χ2n) is 4.85. The molecule has 2 rings (SSSR count). The molecule has 114 valence electrons. The minimum atomic E-state index is -0.0129. The van der Waals surface area contributed by atoms with Crippen molar-refractivity contribution in [3.63, 3.8) is 0 Å². The van der Waals surface area contributed by atoms with Gasteiger partial charge in [0.2, 0.25) is 0 Å². The van der Waals surface area contributed by atoms with E-state index in [1.165, 1.54) is 11.6 Å². The summed E-state index contributed by atoms with van der Waals surface area (Å²) in [6, 6.07) is 15.3. The van der Waals surface area contributed by atoms with Gasteiger partial charge in [0, 0.05) is 23.5 Å². The van der Waals surface area contributed by atoms with Crippen LogP contribution >= 0.6 is 0 Å². The van der Waals surface area contributed by atoms with Crippen LogP contribution in [-0.2, 0) is 6.42 Å². The van der Waals surface area contributed by atoms with E-state index in [9.17, 15) is 4.79 Å². The molecule has 2 aromatic rings. The van der Waals surface area contributed by atoms with E-state index in [2.05, 4.69) is 12.2 Å². The zero-order valence-corrected chi connectivity index (χ0v) is 13.0. The lowest BCUT2D eigenvalue weighted by Gasteiger charge is -2.04. The van der Waals surface area contributed by atoms with Gasteiger partial charge in [-0.15, -0.1) is 0 Å². The second-order valence-corrected chi connectivity index (χ2v) is 4.85. The molecule has 3 heteroatoms. The Morgan fingerprint density at radius 1 is 1.05 bits per heavy atom. The van der Waals surface area contributed by atoms with Crippen molar-refractivity contribution in [2.24, 2.45) is 0 Å². The molecule has 2 aromatic carbocycles. The third kappa shape index (κ3) is 4.48. The lowest BCUT2D eigenvalue weighted by molar-refractivity contribution is 0.104. The Bertz CT molecular complexity index is 627. The fourth-order valence-electron chi connectivity index (χ4n) is 2.03. The first-order valence-electron chi connectivity index (χ1n) is 7.52. The highest BCUT2D eigenvalue weighted by molar-refractivity contribution is 6.04. The number of hydrogen-bond acceptors (Lipinski definition) is 3. The SMILES string of the molecule is CCOc1ccc(N/C=C/C(=O)c2ccc(CC)cc2)cc1. The van der Waals surface area contributed by atoms with E-state index in [-0.39, 0.29) is 5.78 Å². The van der Waals surface area contributed by atoms with Gasteiger partial charge in [-0.2, -0.15) is 0 Å². The third-order valence-electron chi connectivity index (χ3n) is 3.30. The Kier molecular flexibility index (Phi) is 5.78. The Morgan fingerprint density at radius 2 is 1.73 bits per heavy atom. The number of benzene rings is 2. The van der Waals surface area contributed by atoms with E-state index >= 15 is 0 Å². The molecular formula is C19H21NO2. The van der Waals surface area contributed by atoms with Crippen LogP contribution in [0.3, 0.4) is 0 Å². The number of aryl methyl sites for hydroxylation is 1. The normalized spacial score (nSPS) is 10.6. The maximum atomic E-state index is 12.0. The molecule has 0 heterocycles. The van der Waals surface area contributed by atoms with E-state index in [1.54, 1.807) is 6.20 Å². The van der Waals surface area contributed by atoms with Crippen molar-refractivity contribution in [2.75, 3.05) is 11.9 Å². The fraction of sp³-hybridized carbons (Fsp3) is 0.211. The smallest absolute Gasteiger partial charge is 0.187 e. The van der Waals surface area contributed by atoms with Gasteiger partial charge in [0.1, 0.15) is 5.75 Å². The number of allylic oxidation sites excluding steroid dienone is 1. The van der Waals surface area contributed by atoms with Crippen molar-refractivity contribution in [1.29, 1.82) is 0 Å². The summed E-state index contributed by atoms with van der Waals surface area (Å²) in [5.41, 5.74) is 2.84. The summed E-state index contributed by atoms with van der Waals surface area (Å²) < 4.78 is 5.38. The van der Waals surface area contributed by atoms with Gasteiger partial charge in [-0.1, -0.05) is 31.2 Å². The van der Waals surface area contributed by atoms with Crippen LogP contribution in [0.15, 0.2) is 60.8 Å². The van der Waals surface area contributed by atoms with Gasteiger partial charge >= 0.3 is 0 Å². The number of carbonyl (C=O) groups is 1. The summed E-state index contributed by atoms with van der Waals surface area (Å²) in [4.78, 5) is 12.0. The number of rotatable bonds is 7. The van der Waals surface area contributed by atoms with Crippen LogP contribution in [-0.4, -0.2) is 12.4 Å². The van der Waals surface area contributed by atoms with E-state index in [0.29, 0.717) is 12.2 Å². The zero-order chi connectivity index (χ0) is 15.8. The van der Waals surface area contributed by atoms with Crippen LogP contribution in [0.1, 0.15) is 29.8 Å². The topological polar surface area (TPSA) is 38.3 Å². The highest BCUT2D eigenvalue weighted by Gasteiger charge is 2.01. The maximum Gasteiger partial charge on any atom is 0.187 e. The minimum absolute atomic E-state index is 0.0129. The first-order valence-corrected chi connectivity index (χ1v) is 7.52.